The predicted octanol–water partition coefficient (Wildman–Crippen LogP) is 11.8. The Morgan fingerprint density at radius 3 is 1.26 bits per heavy atom. The molecule has 7 saturated heterocycles. The molecule has 2 bridgehead atoms. The summed E-state index contributed by atoms with van der Waals surface area (Å²) < 4.78 is 5.68. The van der Waals surface area contributed by atoms with E-state index >= 15 is 0 Å². The number of hydrogen-bond acceptors (Lipinski definition) is 11. The SMILES string of the molecule is CC(C)C1CC2(CCN2C(C)C)C1.CC(C)CC1CCN(C(C)C)C1.CC(C)N1CC2COCC(C1)N2C(C)C.CC(C)N1CCN(C(C)C)C(C)C1.CC(C)NC1CN(C(C)C)C1.CC1CN(C(C)C)CCN(C(C)C)C1. The molecule has 0 radical (unpaired) electrons. The fourth-order valence-electron chi connectivity index (χ4n) is 14.3. The van der Waals surface area contributed by atoms with Crippen molar-refractivity contribution in [3.63, 3.8) is 0 Å². The van der Waals surface area contributed by atoms with Crippen molar-refractivity contribution in [3.8, 4) is 0 Å². The lowest BCUT2D eigenvalue weighted by atomic mass is 9.58. The zero-order chi connectivity index (χ0) is 58.9. The summed E-state index contributed by atoms with van der Waals surface area (Å²) in [6.07, 6.45) is 7.26. The van der Waals surface area contributed by atoms with Crippen molar-refractivity contribution in [3.05, 3.63) is 0 Å². The molecule has 7 heterocycles. The molecule has 11 heteroatoms. The van der Waals surface area contributed by atoms with Gasteiger partial charge in [0.2, 0.25) is 0 Å². The van der Waals surface area contributed by atoms with Crippen LogP contribution in [0.15, 0.2) is 0 Å². The van der Waals surface area contributed by atoms with Crippen molar-refractivity contribution in [2.45, 2.75) is 302 Å². The molecule has 0 aromatic heterocycles. The second-order valence-corrected chi connectivity index (χ2v) is 30.1. The Kier molecular flexibility index (Phi) is 31.8. The van der Waals surface area contributed by atoms with Crippen LogP contribution < -0.4 is 5.32 Å². The number of hydrogen-bond donors (Lipinski definition) is 1. The zero-order valence-electron chi connectivity index (χ0n) is 57.3. The van der Waals surface area contributed by atoms with Gasteiger partial charge in [-0.1, -0.05) is 48.5 Å². The smallest absolute Gasteiger partial charge is 0.0635 e. The largest absolute Gasteiger partial charge is 0.378 e. The highest BCUT2D eigenvalue weighted by Crippen LogP contribution is 2.53. The van der Waals surface area contributed by atoms with Crippen LogP contribution in [0.1, 0.15) is 212 Å². The van der Waals surface area contributed by atoms with Gasteiger partial charge in [-0.05, 0) is 200 Å². The average molecular weight is 1100 g/mol. The van der Waals surface area contributed by atoms with Gasteiger partial charge >= 0.3 is 0 Å². The molecule has 7 aliphatic heterocycles. The van der Waals surface area contributed by atoms with Gasteiger partial charge in [-0.25, -0.2) is 0 Å². The Bertz CT molecular complexity index is 1520. The molecule has 0 aromatic carbocycles. The summed E-state index contributed by atoms with van der Waals surface area (Å²) in [4.78, 5) is 23.4. The molecule has 8 fully saturated rings. The maximum absolute atomic E-state index is 5.68. The third-order valence-electron chi connectivity index (χ3n) is 19.4. The maximum atomic E-state index is 5.68. The van der Waals surface area contributed by atoms with Crippen LogP contribution in [0, 0.1) is 29.6 Å². The van der Waals surface area contributed by atoms with Crippen molar-refractivity contribution in [1.29, 1.82) is 0 Å². The minimum absolute atomic E-state index is 0.611. The number of rotatable bonds is 14. The first-order valence-electron chi connectivity index (χ1n) is 33.4. The van der Waals surface area contributed by atoms with Gasteiger partial charge in [0.05, 0.1) is 13.2 Å². The molecule has 1 saturated carbocycles. The lowest BCUT2D eigenvalue weighted by Gasteiger charge is -2.64. The number of piperazine rings is 2. The predicted molar refractivity (Wildman–Crippen MR) is 342 cm³/mol. The summed E-state index contributed by atoms with van der Waals surface area (Å²) in [7, 11) is 0. The Labute approximate surface area is 488 Å². The van der Waals surface area contributed by atoms with Gasteiger partial charge in [0.15, 0.2) is 0 Å². The van der Waals surface area contributed by atoms with Gasteiger partial charge in [0, 0.05) is 175 Å². The summed E-state index contributed by atoms with van der Waals surface area (Å²) in [6, 6.07) is 9.68. The van der Waals surface area contributed by atoms with Crippen molar-refractivity contribution in [2.75, 3.05) is 105 Å². The van der Waals surface area contributed by atoms with Crippen LogP contribution in [0.25, 0.3) is 0 Å². The Morgan fingerprint density at radius 1 is 0.449 bits per heavy atom. The third kappa shape index (κ3) is 23.2. The molecule has 4 unspecified atom stereocenters. The summed E-state index contributed by atoms with van der Waals surface area (Å²) in [5.41, 5.74) is 0.670. The molecule has 1 N–H and O–H groups in total. The lowest BCUT2D eigenvalue weighted by molar-refractivity contribution is -0.131. The standard InChI is InChI=1S/C12H24N2O.C12H26N2.C12H23N.C11H24N2.C11H23N.C9H20N2/c1-9(2)13-5-11-7-15-8-12(6-13)14(11)10(3)4;1-10(2)13-6-7-14(11(3)4)9-12(5)8-13;1-9(2)11-7-12(8-11)5-6-13(12)10(3)4;1-9(2)12-6-7-13(10(3)4)11(5)8-12;1-9(2)7-11-5-6-12(8-11)10(3)4;1-7(2)10-9-5-11(6-9)8(3)4/h9-12H,5-8H2,1-4H3;10-12H,6-9H2,1-5H3;9-11H,5-8H2,1-4H3;9-11H,6-8H2,1-5H3;9-11H,5-8H2,1-4H3;7-10H,5-6H2,1-4H3. The summed E-state index contributed by atoms with van der Waals surface area (Å²) >= 11 is 0. The monoisotopic (exact) mass is 1100 g/mol. The highest BCUT2D eigenvalue weighted by atomic mass is 16.5. The van der Waals surface area contributed by atoms with E-state index < -0.39 is 0 Å². The van der Waals surface area contributed by atoms with Gasteiger partial charge < -0.3 is 15.0 Å². The topological polar surface area (TPSA) is 50.4 Å². The van der Waals surface area contributed by atoms with E-state index in [1.165, 1.54) is 124 Å². The summed E-state index contributed by atoms with van der Waals surface area (Å²) in [6.45, 7) is 79.3. The van der Waals surface area contributed by atoms with E-state index in [2.05, 4.69) is 229 Å². The zero-order valence-corrected chi connectivity index (χ0v) is 57.3. The number of nitrogens with one attached hydrogen (secondary N) is 1. The summed E-state index contributed by atoms with van der Waals surface area (Å²) in [5, 5.41) is 3.52. The second-order valence-electron chi connectivity index (χ2n) is 30.1. The van der Waals surface area contributed by atoms with E-state index in [-0.39, 0.29) is 0 Å². The quantitative estimate of drug-likeness (QED) is 0.181. The molecule has 1 spiro atoms. The molecular weight excluding hydrogens is 961 g/mol. The van der Waals surface area contributed by atoms with Gasteiger partial charge in [0.25, 0.3) is 0 Å². The number of nitrogens with zero attached hydrogens (tertiary/aromatic N) is 9. The van der Waals surface area contributed by atoms with Crippen LogP contribution >= 0.6 is 0 Å². The first-order valence-corrected chi connectivity index (χ1v) is 33.4. The van der Waals surface area contributed by atoms with Crippen LogP contribution in [0.3, 0.4) is 0 Å². The first-order chi connectivity index (χ1) is 36.3. The minimum Gasteiger partial charge on any atom is -0.378 e. The summed E-state index contributed by atoms with van der Waals surface area (Å²) in [5.74, 6) is 4.58. The molecule has 11 nitrogen and oxygen atoms in total. The minimum atomic E-state index is 0.611. The van der Waals surface area contributed by atoms with Crippen molar-refractivity contribution >= 4 is 0 Å². The number of ether oxygens (including phenoxy) is 1. The molecule has 0 aromatic rings. The molecular formula is C67H140N10O. The van der Waals surface area contributed by atoms with E-state index in [4.69, 9.17) is 4.74 Å². The van der Waals surface area contributed by atoms with Crippen LogP contribution in [0.5, 0.6) is 0 Å². The van der Waals surface area contributed by atoms with Crippen LogP contribution in [-0.4, -0.2) is 239 Å². The fraction of sp³-hybridized carbons (Fsp3) is 1.00. The third-order valence-corrected chi connectivity index (χ3v) is 19.4. The maximum Gasteiger partial charge on any atom is 0.0635 e. The average Bonchev–Trinajstić information content (AvgIpc) is 3.65. The van der Waals surface area contributed by atoms with Crippen LogP contribution in [-0.2, 0) is 4.74 Å². The Morgan fingerprint density at radius 2 is 0.897 bits per heavy atom. The van der Waals surface area contributed by atoms with E-state index in [1.54, 1.807) is 0 Å². The molecule has 464 valence electrons. The van der Waals surface area contributed by atoms with E-state index in [9.17, 15) is 0 Å². The first kappa shape index (κ1) is 71.8. The Balaban J connectivity index is 0.000000247. The number of fused-ring (bicyclic) bond motifs is 2. The van der Waals surface area contributed by atoms with Crippen LogP contribution in [0.4, 0.5) is 0 Å². The van der Waals surface area contributed by atoms with E-state index in [1.807, 2.05) is 0 Å². The fourth-order valence-corrected chi connectivity index (χ4v) is 14.3. The van der Waals surface area contributed by atoms with Gasteiger partial charge in [-0.15, -0.1) is 0 Å². The lowest BCUT2D eigenvalue weighted by Crippen LogP contribution is -2.68. The van der Waals surface area contributed by atoms with Gasteiger partial charge in [-0.3, -0.25) is 39.2 Å². The van der Waals surface area contributed by atoms with Crippen molar-refractivity contribution < 1.29 is 4.74 Å². The van der Waals surface area contributed by atoms with Crippen molar-refractivity contribution in [1.82, 2.24) is 49.4 Å². The van der Waals surface area contributed by atoms with E-state index in [0.717, 1.165) is 73.0 Å². The highest BCUT2D eigenvalue weighted by molar-refractivity contribution is 5.10. The molecule has 1 aliphatic carbocycles. The van der Waals surface area contributed by atoms with Gasteiger partial charge in [-0.2, -0.15) is 0 Å². The number of likely N-dealkylation sites (tertiary alicyclic amines) is 3. The molecule has 8 rings (SSSR count). The van der Waals surface area contributed by atoms with E-state index in [0.29, 0.717) is 59.9 Å². The highest BCUT2D eigenvalue weighted by Gasteiger charge is 2.54. The molecule has 78 heavy (non-hydrogen) atoms. The van der Waals surface area contributed by atoms with Crippen LogP contribution in [0.2, 0.25) is 0 Å². The Hall–Kier alpha value is -0.440. The molecule has 8 aliphatic rings. The number of morpholine rings is 1. The molecule has 0 amide bonds. The van der Waals surface area contributed by atoms with Gasteiger partial charge in [0.1, 0.15) is 0 Å². The second kappa shape index (κ2) is 34.5. The van der Waals surface area contributed by atoms with Crippen molar-refractivity contribution in [2.24, 2.45) is 29.6 Å². The molecule has 4 atom stereocenters. The normalized spacial score (nSPS) is 28.9.